The zero-order valence-electron chi connectivity index (χ0n) is 9.89. The number of ether oxygens (including phenoxy) is 1. The van der Waals surface area contributed by atoms with Gasteiger partial charge in [0.2, 0.25) is 0 Å². The summed E-state index contributed by atoms with van der Waals surface area (Å²) in [6.07, 6.45) is 0. The van der Waals surface area contributed by atoms with Gasteiger partial charge in [0, 0.05) is 5.69 Å². The van der Waals surface area contributed by atoms with Gasteiger partial charge in [-0.2, -0.15) is 0 Å². The summed E-state index contributed by atoms with van der Waals surface area (Å²) < 4.78 is 10.7. The predicted octanol–water partition coefficient (Wildman–Crippen LogP) is 0.0533. The van der Waals surface area contributed by atoms with Gasteiger partial charge in [-0.05, 0) is 29.5 Å². The number of carbonyl (C=O) groups is 1. The number of benzene rings is 1. The van der Waals surface area contributed by atoms with E-state index in [4.69, 9.17) is 4.74 Å². The SMILES string of the molecule is COc1ccc(NC(=O)c2c(=O)o[nH][n+]2C)cc1. The number of amides is 1. The van der Waals surface area contributed by atoms with Crippen LogP contribution in [-0.4, -0.2) is 18.3 Å². The molecule has 0 radical (unpaired) electrons. The number of aryl methyl sites for hydroxylation is 1. The minimum atomic E-state index is -0.719. The van der Waals surface area contributed by atoms with Crippen molar-refractivity contribution in [3.63, 3.8) is 0 Å². The molecule has 2 N–H and O–H groups in total. The van der Waals surface area contributed by atoms with Crippen LogP contribution in [0.1, 0.15) is 10.5 Å². The van der Waals surface area contributed by atoms with Gasteiger partial charge in [0.15, 0.2) is 7.05 Å². The van der Waals surface area contributed by atoms with Gasteiger partial charge >= 0.3 is 17.2 Å². The summed E-state index contributed by atoms with van der Waals surface area (Å²) in [7, 11) is 3.06. The van der Waals surface area contributed by atoms with Crippen molar-refractivity contribution in [1.82, 2.24) is 5.27 Å². The van der Waals surface area contributed by atoms with Gasteiger partial charge < -0.3 is 10.1 Å². The molecule has 2 rings (SSSR count). The fourth-order valence-corrected chi connectivity index (χ4v) is 1.45. The monoisotopic (exact) mass is 250 g/mol. The third kappa shape index (κ3) is 2.24. The summed E-state index contributed by atoms with van der Waals surface area (Å²) in [5.41, 5.74) is -0.268. The van der Waals surface area contributed by atoms with Crippen molar-refractivity contribution in [2.24, 2.45) is 7.05 Å². The van der Waals surface area contributed by atoms with Gasteiger partial charge in [0.25, 0.3) is 0 Å². The molecular formula is C11H12N3O4+. The second kappa shape index (κ2) is 4.74. The van der Waals surface area contributed by atoms with E-state index in [9.17, 15) is 9.59 Å². The Morgan fingerprint density at radius 1 is 1.39 bits per heavy atom. The van der Waals surface area contributed by atoms with E-state index in [-0.39, 0.29) is 5.69 Å². The van der Waals surface area contributed by atoms with E-state index in [0.29, 0.717) is 11.4 Å². The number of rotatable bonds is 3. The van der Waals surface area contributed by atoms with Crippen LogP contribution in [0, 0.1) is 0 Å². The number of hydrogen-bond donors (Lipinski definition) is 2. The molecule has 0 aliphatic rings. The molecular weight excluding hydrogens is 238 g/mol. The van der Waals surface area contributed by atoms with Crippen molar-refractivity contribution in [1.29, 1.82) is 0 Å². The predicted molar refractivity (Wildman–Crippen MR) is 61.5 cm³/mol. The van der Waals surface area contributed by atoms with Crippen molar-refractivity contribution >= 4 is 11.6 Å². The summed E-state index contributed by atoms with van der Waals surface area (Å²) in [6, 6.07) is 6.75. The van der Waals surface area contributed by atoms with Crippen LogP contribution in [0.2, 0.25) is 0 Å². The molecule has 0 saturated carbocycles. The molecule has 1 aromatic heterocycles. The summed E-state index contributed by atoms with van der Waals surface area (Å²) in [5.74, 6) is 0.136. The van der Waals surface area contributed by atoms with Crippen LogP contribution in [0.25, 0.3) is 0 Å². The van der Waals surface area contributed by atoms with Crippen molar-refractivity contribution < 1.29 is 18.7 Å². The fourth-order valence-electron chi connectivity index (χ4n) is 1.45. The molecule has 0 fully saturated rings. The number of aromatic nitrogens is 2. The van der Waals surface area contributed by atoms with E-state index in [0.717, 1.165) is 0 Å². The Kier molecular flexibility index (Phi) is 3.13. The average molecular weight is 250 g/mol. The molecule has 0 unspecified atom stereocenters. The Hall–Kier alpha value is -2.57. The second-order valence-corrected chi connectivity index (χ2v) is 3.57. The summed E-state index contributed by atoms with van der Waals surface area (Å²) >= 11 is 0. The first-order valence-electron chi connectivity index (χ1n) is 5.14. The van der Waals surface area contributed by atoms with Crippen LogP contribution < -0.4 is 20.4 Å². The van der Waals surface area contributed by atoms with E-state index in [1.807, 2.05) is 0 Å². The first-order chi connectivity index (χ1) is 8.61. The molecule has 1 aromatic carbocycles. The number of carbonyl (C=O) groups excluding carboxylic acids is 1. The molecule has 0 bridgehead atoms. The molecule has 1 amide bonds. The highest BCUT2D eigenvalue weighted by Crippen LogP contribution is 2.15. The number of nitrogens with zero attached hydrogens (tertiary/aromatic N) is 1. The van der Waals surface area contributed by atoms with E-state index in [1.165, 1.54) is 11.7 Å². The highest BCUT2D eigenvalue weighted by Gasteiger charge is 2.26. The number of hydrogen-bond acceptors (Lipinski definition) is 4. The van der Waals surface area contributed by atoms with Crippen LogP contribution >= 0.6 is 0 Å². The molecule has 18 heavy (non-hydrogen) atoms. The maximum absolute atomic E-state index is 11.8. The lowest BCUT2D eigenvalue weighted by molar-refractivity contribution is -0.741. The van der Waals surface area contributed by atoms with Gasteiger partial charge in [-0.1, -0.05) is 4.68 Å². The lowest BCUT2D eigenvalue weighted by Crippen LogP contribution is -2.41. The first-order valence-corrected chi connectivity index (χ1v) is 5.14. The number of H-pyrrole nitrogens is 1. The van der Waals surface area contributed by atoms with Crippen molar-refractivity contribution in [3.8, 4) is 5.75 Å². The molecule has 0 atom stereocenters. The summed E-state index contributed by atoms with van der Waals surface area (Å²) in [6.45, 7) is 0. The molecule has 7 nitrogen and oxygen atoms in total. The van der Waals surface area contributed by atoms with Crippen LogP contribution in [0.3, 0.4) is 0 Å². The molecule has 0 spiro atoms. The summed E-state index contributed by atoms with van der Waals surface area (Å²) in [5, 5.41) is 4.85. The molecule has 2 aromatic rings. The number of aromatic amines is 1. The minimum absolute atomic E-state index is 0.106. The second-order valence-electron chi connectivity index (χ2n) is 3.57. The molecule has 94 valence electrons. The average Bonchev–Trinajstić information content (AvgIpc) is 2.70. The Bertz CT molecular complexity index is 612. The van der Waals surface area contributed by atoms with Gasteiger partial charge in [-0.15, -0.1) is 0 Å². The molecule has 0 aliphatic carbocycles. The molecule has 1 heterocycles. The number of anilines is 1. The Morgan fingerprint density at radius 3 is 2.56 bits per heavy atom. The van der Waals surface area contributed by atoms with Crippen LogP contribution in [0.4, 0.5) is 5.69 Å². The molecule has 0 saturated heterocycles. The Balaban J connectivity index is 2.19. The summed E-state index contributed by atoms with van der Waals surface area (Å²) in [4.78, 5) is 23.1. The van der Waals surface area contributed by atoms with Gasteiger partial charge in [-0.25, -0.2) is 4.79 Å². The quantitative estimate of drug-likeness (QED) is 0.753. The minimum Gasteiger partial charge on any atom is -0.497 e. The van der Waals surface area contributed by atoms with Crippen molar-refractivity contribution in [2.75, 3.05) is 12.4 Å². The first kappa shape index (κ1) is 11.9. The van der Waals surface area contributed by atoms with Crippen molar-refractivity contribution in [2.45, 2.75) is 0 Å². The maximum atomic E-state index is 11.8. The fraction of sp³-hybridized carbons (Fsp3) is 0.182. The zero-order valence-corrected chi connectivity index (χ0v) is 9.89. The van der Waals surface area contributed by atoms with Crippen LogP contribution in [0.5, 0.6) is 5.75 Å². The Morgan fingerprint density at radius 2 is 2.06 bits per heavy atom. The lowest BCUT2D eigenvalue weighted by atomic mass is 10.3. The zero-order chi connectivity index (χ0) is 13.1. The molecule has 7 heteroatoms. The Labute approximate surface area is 102 Å². The van der Waals surface area contributed by atoms with Crippen molar-refractivity contribution in [3.05, 3.63) is 40.4 Å². The third-order valence-electron chi connectivity index (χ3n) is 2.37. The standard InChI is InChI=1S/C11H11N3O4/c1-14-9(11(16)18-13-14)10(15)12-7-3-5-8(17-2)6-4-7/h3-6H,1-2H3,(H-,12,13,15,16)/p+1. The highest BCUT2D eigenvalue weighted by molar-refractivity contribution is 6.01. The highest BCUT2D eigenvalue weighted by atomic mass is 16.5. The third-order valence-corrected chi connectivity index (χ3v) is 2.37. The van der Waals surface area contributed by atoms with E-state index >= 15 is 0 Å². The number of nitrogens with one attached hydrogen (secondary N) is 2. The van der Waals surface area contributed by atoms with E-state index < -0.39 is 11.5 Å². The van der Waals surface area contributed by atoms with Crippen LogP contribution in [-0.2, 0) is 7.05 Å². The smallest absolute Gasteiger partial charge is 0.440 e. The van der Waals surface area contributed by atoms with E-state index in [2.05, 4.69) is 15.1 Å². The molecule has 0 aliphatic heterocycles. The van der Waals surface area contributed by atoms with Gasteiger partial charge in [-0.3, -0.25) is 9.32 Å². The lowest BCUT2D eigenvalue weighted by Gasteiger charge is -2.02. The normalized spacial score (nSPS) is 10.1. The van der Waals surface area contributed by atoms with Gasteiger partial charge in [0.1, 0.15) is 5.75 Å². The topological polar surface area (TPSA) is 88.2 Å². The maximum Gasteiger partial charge on any atom is 0.440 e. The number of methoxy groups -OCH3 is 1. The largest absolute Gasteiger partial charge is 0.497 e. The van der Waals surface area contributed by atoms with Gasteiger partial charge in [0.05, 0.1) is 7.11 Å². The van der Waals surface area contributed by atoms with Crippen LogP contribution in [0.15, 0.2) is 33.6 Å². The van der Waals surface area contributed by atoms with E-state index in [1.54, 1.807) is 31.4 Å².